The summed E-state index contributed by atoms with van der Waals surface area (Å²) < 4.78 is 18.6. The van der Waals surface area contributed by atoms with E-state index in [4.69, 9.17) is 13.6 Å². The number of ether oxygens (including phenoxy) is 2. The van der Waals surface area contributed by atoms with E-state index >= 15 is 0 Å². The minimum absolute atomic E-state index is 0.0481. The van der Waals surface area contributed by atoms with Gasteiger partial charge in [0.1, 0.15) is 11.5 Å². The first-order valence-electron chi connectivity index (χ1n) is 15.0. The van der Waals surface area contributed by atoms with Crippen molar-refractivity contribution in [2.45, 2.75) is 32.1 Å². The van der Waals surface area contributed by atoms with Crippen LogP contribution in [0.2, 0.25) is 13.1 Å². The lowest BCUT2D eigenvalue weighted by Crippen LogP contribution is -2.63. The van der Waals surface area contributed by atoms with E-state index in [2.05, 4.69) is 79.8 Å². The van der Waals surface area contributed by atoms with Crippen molar-refractivity contribution in [2.75, 3.05) is 7.11 Å². The van der Waals surface area contributed by atoms with Gasteiger partial charge in [-0.3, -0.25) is 4.79 Å². The minimum atomic E-state index is -2.57. The molecule has 0 fully saturated rings. The lowest BCUT2D eigenvalue weighted by molar-refractivity contribution is 0.0734. The second-order valence-electron chi connectivity index (χ2n) is 11.7. The van der Waals surface area contributed by atoms with E-state index in [9.17, 15) is 9.59 Å². The second-order valence-corrected chi connectivity index (χ2v) is 19.3. The predicted molar refractivity (Wildman–Crippen MR) is 185 cm³/mol. The molecule has 5 aromatic rings. The van der Waals surface area contributed by atoms with Crippen LogP contribution in [0, 0.1) is 0 Å². The third-order valence-corrected chi connectivity index (χ3v) is 17.0. The molecule has 45 heavy (non-hydrogen) atoms. The number of benzene rings is 5. The molecule has 7 heteroatoms. The van der Waals surface area contributed by atoms with E-state index in [0.717, 1.165) is 23.4 Å². The van der Waals surface area contributed by atoms with Gasteiger partial charge < -0.3 is 13.6 Å². The maximum absolute atomic E-state index is 12.7. The fourth-order valence-electron chi connectivity index (χ4n) is 5.68. The van der Waals surface area contributed by atoms with Crippen molar-refractivity contribution in [1.29, 1.82) is 0 Å². The molecule has 0 aromatic heterocycles. The van der Waals surface area contributed by atoms with Crippen molar-refractivity contribution < 1.29 is 23.2 Å². The highest BCUT2D eigenvalue weighted by molar-refractivity contribution is 6.97. The molecule has 0 bridgehead atoms. The molecular weight excluding hydrogens is 593 g/mol. The van der Waals surface area contributed by atoms with Gasteiger partial charge in [0.05, 0.1) is 12.7 Å². The van der Waals surface area contributed by atoms with Crippen LogP contribution in [0.4, 0.5) is 0 Å². The molecule has 2 atom stereocenters. The lowest BCUT2D eigenvalue weighted by atomic mass is 10.1. The minimum Gasteiger partial charge on any atom is -0.497 e. The zero-order valence-electron chi connectivity index (χ0n) is 26.2. The van der Waals surface area contributed by atoms with Crippen LogP contribution in [0.1, 0.15) is 38.8 Å². The van der Waals surface area contributed by atoms with Gasteiger partial charge in [-0.1, -0.05) is 97.1 Å². The third kappa shape index (κ3) is 7.94. The Morgan fingerprint density at radius 3 is 1.40 bits per heavy atom. The van der Waals surface area contributed by atoms with Gasteiger partial charge in [-0.15, -0.1) is 0 Å². The van der Waals surface area contributed by atoms with E-state index in [1.54, 1.807) is 31.4 Å². The maximum Gasteiger partial charge on any atom is 0.343 e. The zero-order valence-corrected chi connectivity index (χ0v) is 28.2. The molecule has 0 amide bonds. The Kier molecular flexibility index (Phi) is 9.93. The highest BCUT2D eigenvalue weighted by Crippen LogP contribution is 2.25. The molecule has 0 aliphatic heterocycles. The molecule has 5 rings (SSSR count). The number of hydrogen-bond acceptors (Lipinski definition) is 5. The van der Waals surface area contributed by atoms with Gasteiger partial charge in [0.15, 0.2) is 5.78 Å². The number of Topliss-reactive ketones (excluding diaryl/α,β-unsaturated/α-hetero) is 1. The fourth-order valence-corrected chi connectivity index (χ4v) is 15.4. The SMILES string of the molecule is COc1ccc(C[Si](C)(O[Si](C)(Cc2ccc(OC(=O)c3ccc(C(C)=O)cc3)cc2)c2ccccc2)c2ccccc2)cc1. The Labute approximate surface area is 267 Å². The van der Waals surface area contributed by atoms with Crippen LogP contribution in [0.5, 0.6) is 11.5 Å². The van der Waals surface area contributed by atoms with Crippen LogP contribution in [-0.2, 0) is 16.2 Å². The first kappa shape index (κ1) is 31.8. The number of methoxy groups -OCH3 is 1. The number of carbonyl (C=O) groups excluding carboxylic acids is 2. The Morgan fingerprint density at radius 1 is 0.556 bits per heavy atom. The van der Waals surface area contributed by atoms with Crippen molar-refractivity contribution in [1.82, 2.24) is 0 Å². The van der Waals surface area contributed by atoms with Gasteiger partial charge in [-0.2, -0.15) is 0 Å². The molecule has 0 aliphatic carbocycles. The number of ketones is 1. The molecule has 0 aliphatic rings. The molecule has 0 saturated carbocycles. The molecular formula is C38H38O5Si2. The number of carbonyl (C=O) groups is 2. The molecule has 228 valence electrons. The van der Waals surface area contributed by atoms with Crippen molar-refractivity contribution in [3.8, 4) is 11.5 Å². The van der Waals surface area contributed by atoms with Gasteiger partial charge >= 0.3 is 5.97 Å². The van der Waals surface area contributed by atoms with Crippen LogP contribution in [0.3, 0.4) is 0 Å². The molecule has 0 spiro atoms. The number of hydrogen-bond donors (Lipinski definition) is 0. The van der Waals surface area contributed by atoms with Gasteiger partial charge in [-0.05, 0) is 90.0 Å². The summed E-state index contributed by atoms with van der Waals surface area (Å²) in [5.74, 6) is 0.790. The average Bonchev–Trinajstić information content (AvgIpc) is 3.07. The first-order valence-corrected chi connectivity index (χ1v) is 20.3. The Morgan fingerprint density at radius 2 is 0.978 bits per heavy atom. The fraction of sp³-hybridized carbons (Fsp3) is 0.158. The summed E-state index contributed by atoms with van der Waals surface area (Å²) in [5.41, 5.74) is 3.29. The highest BCUT2D eigenvalue weighted by Gasteiger charge is 2.42. The lowest BCUT2D eigenvalue weighted by Gasteiger charge is -2.39. The van der Waals surface area contributed by atoms with E-state index in [1.807, 2.05) is 42.5 Å². The van der Waals surface area contributed by atoms with E-state index in [0.29, 0.717) is 16.9 Å². The van der Waals surface area contributed by atoms with Crippen molar-refractivity contribution in [3.63, 3.8) is 0 Å². The van der Waals surface area contributed by atoms with E-state index < -0.39 is 22.6 Å². The first-order chi connectivity index (χ1) is 21.7. The summed E-state index contributed by atoms with van der Waals surface area (Å²) >= 11 is 0. The van der Waals surface area contributed by atoms with Crippen LogP contribution < -0.4 is 19.8 Å². The van der Waals surface area contributed by atoms with Crippen LogP contribution >= 0.6 is 0 Å². The number of rotatable bonds is 12. The Balaban J connectivity index is 1.41. The van der Waals surface area contributed by atoms with Gasteiger partial charge in [0, 0.05) is 5.56 Å². The quantitative estimate of drug-likeness (QED) is 0.0646. The molecule has 5 nitrogen and oxygen atoms in total. The molecule has 0 radical (unpaired) electrons. The van der Waals surface area contributed by atoms with Gasteiger partial charge in [0.2, 0.25) is 16.6 Å². The van der Waals surface area contributed by atoms with Crippen LogP contribution in [0.25, 0.3) is 0 Å². The summed E-state index contributed by atoms with van der Waals surface area (Å²) in [6.07, 6.45) is 0. The summed E-state index contributed by atoms with van der Waals surface area (Å²) in [6, 6.07) is 45.3. The number of esters is 1. The van der Waals surface area contributed by atoms with Crippen molar-refractivity contribution in [3.05, 3.63) is 156 Å². The Bertz CT molecular complexity index is 1720. The summed E-state index contributed by atoms with van der Waals surface area (Å²) in [4.78, 5) is 24.3. The zero-order chi connectivity index (χ0) is 31.9. The average molecular weight is 631 g/mol. The van der Waals surface area contributed by atoms with E-state index in [-0.39, 0.29) is 5.78 Å². The monoisotopic (exact) mass is 630 g/mol. The summed E-state index contributed by atoms with van der Waals surface area (Å²) in [6.45, 7) is 6.13. The van der Waals surface area contributed by atoms with E-state index in [1.165, 1.54) is 22.9 Å². The summed E-state index contributed by atoms with van der Waals surface area (Å²) in [7, 11) is -3.40. The highest BCUT2D eigenvalue weighted by atomic mass is 28.4. The smallest absolute Gasteiger partial charge is 0.343 e. The molecule has 0 heterocycles. The maximum atomic E-state index is 12.7. The largest absolute Gasteiger partial charge is 0.497 e. The van der Waals surface area contributed by atoms with Crippen molar-refractivity contribution in [2.24, 2.45) is 0 Å². The van der Waals surface area contributed by atoms with Crippen LogP contribution in [0.15, 0.2) is 133 Å². The third-order valence-electron chi connectivity index (χ3n) is 8.12. The molecule has 5 aromatic carbocycles. The van der Waals surface area contributed by atoms with Crippen molar-refractivity contribution >= 4 is 38.8 Å². The molecule has 0 saturated heterocycles. The second kappa shape index (κ2) is 14.0. The summed E-state index contributed by atoms with van der Waals surface area (Å²) in [5, 5.41) is 2.49. The standard InChI is InChI=1S/C38H38O5Si2/c1-29(39)32-19-21-33(22-20-32)38(40)42-35-25-17-31(18-26-35)28-45(4,37-13-9-6-10-14-37)43-44(3,36-11-7-5-8-12-36)27-30-15-23-34(41-2)24-16-30/h5-26H,27-28H2,1-4H3. The Hall–Kier alpha value is -4.57. The predicted octanol–water partition coefficient (Wildman–Crippen LogP) is 6.96. The van der Waals surface area contributed by atoms with Gasteiger partial charge in [-0.25, -0.2) is 4.79 Å². The van der Waals surface area contributed by atoms with Gasteiger partial charge in [0.25, 0.3) is 0 Å². The molecule has 2 unspecified atom stereocenters. The molecule has 0 N–H and O–H groups in total. The van der Waals surface area contributed by atoms with Crippen LogP contribution in [-0.4, -0.2) is 35.5 Å². The normalized spacial score (nSPS) is 13.7. The topological polar surface area (TPSA) is 61.8 Å².